The maximum Gasteiger partial charge on any atom is 0.389 e. The van der Waals surface area contributed by atoms with Gasteiger partial charge in [0, 0.05) is 0 Å². The van der Waals surface area contributed by atoms with Crippen LogP contribution in [0.2, 0.25) is 0 Å². The van der Waals surface area contributed by atoms with E-state index in [1.165, 1.54) is 13.0 Å². The number of hydrogen-bond donors (Lipinski definition) is 0. The maximum absolute atomic E-state index is 14.1. The Kier molecular flexibility index (Phi) is 7.56. The molecule has 0 aliphatic rings. The Morgan fingerprint density at radius 1 is 1.43 bits per heavy atom. The van der Waals surface area contributed by atoms with Crippen LogP contribution in [-0.2, 0) is 9.53 Å². The molecule has 0 N–H and O–H groups in total. The van der Waals surface area contributed by atoms with Crippen molar-refractivity contribution in [2.24, 2.45) is 0 Å². The minimum atomic E-state index is -3.64. The summed E-state index contributed by atoms with van der Waals surface area (Å²) in [6.07, 6.45) is 9.86. The standard InChI is InChI=1S/C18H18F2O2S/c1-4-6-8-11-14(3)16(15-12-9-7-10-13-15)23-18(19,20)17(21)22-5-2/h1,6-13,16H,5H2,2-3H3/b8-6-,14-11+. The van der Waals surface area contributed by atoms with Crippen molar-refractivity contribution in [2.45, 2.75) is 24.4 Å². The van der Waals surface area contributed by atoms with Crippen molar-refractivity contribution in [3.63, 3.8) is 0 Å². The fourth-order valence-electron chi connectivity index (χ4n) is 1.81. The summed E-state index contributed by atoms with van der Waals surface area (Å²) < 4.78 is 32.7. The smallest absolute Gasteiger partial charge is 0.389 e. The molecule has 0 spiro atoms. The van der Waals surface area contributed by atoms with E-state index in [4.69, 9.17) is 6.42 Å². The first-order chi connectivity index (χ1) is 10.9. The number of rotatable bonds is 7. The number of ether oxygens (including phenoxy) is 1. The molecule has 1 unspecified atom stereocenters. The van der Waals surface area contributed by atoms with E-state index >= 15 is 0 Å². The highest BCUT2D eigenvalue weighted by molar-refractivity contribution is 8.01. The highest BCUT2D eigenvalue weighted by Gasteiger charge is 2.44. The minimum absolute atomic E-state index is 0.0925. The van der Waals surface area contributed by atoms with Crippen molar-refractivity contribution in [1.29, 1.82) is 0 Å². The molecule has 5 heteroatoms. The zero-order valence-electron chi connectivity index (χ0n) is 13.0. The highest BCUT2D eigenvalue weighted by Crippen LogP contribution is 2.45. The Morgan fingerprint density at radius 3 is 2.65 bits per heavy atom. The van der Waals surface area contributed by atoms with E-state index in [9.17, 15) is 13.6 Å². The van der Waals surface area contributed by atoms with Gasteiger partial charge in [-0.05, 0) is 25.5 Å². The Morgan fingerprint density at radius 2 is 2.09 bits per heavy atom. The Hall–Kier alpha value is -2.06. The second-order valence-electron chi connectivity index (χ2n) is 4.58. The average molecular weight is 336 g/mol. The summed E-state index contributed by atoms with van der Waals surface area (Å²) in [5.74, 6) is 0.801. The van der Waals surface area contributed by atoms with Gasteiger partial charge in [0.05, 0.1) is 11.9 Å². The molecule has 0 saturated heterocycles. The molecule has 0 fully saturated rings. The van der Waals surface area contributed by atoms with Gasteiger partial charge < -0.3 is 4.74 Å². The van der Waals surface area contributed by atoms with E-state index in [0.29, 0.717) is 11.1 Å². The number of esters is 1. The third-order valence-corrected chi connectivity index (χ3v) is 4.19. The Bertz CT molecular complexity index is 616. The number of terminal acetylenes is 1. The largest absolute Gasteiger partial charge is 0.461 e. The quantitative estimate of drug-likeness (QED) is 0.408. The number of carbonyl (C=O) groups excluding carboxylic acids is 1. The number of thioether (sulfide) groups is 1. The van der Waals surface area contributed by atoms with Crippen LogP contribution >= 0.6 is 11.8 Å². The fraction of sp³-hybridized carbons (Fsp3) is 0.278. The molecule has 1 rings (SSSR count). The zero-order valence-corrected chi connectivity index (χ0v) is 13.8. The average Bonchev–Trinajstić information content (AvgIpc) is 2.54. The first-order valence-electron chi connectivity index (χ1n) is 6.99. The first-order valence-corrected chi connectivity index (χ1v) is 7.87. The lowest BCUT2D eigenvalue weighted by atomic mass is 10.1. The van der Waals surface area contributed by atoms with Gasteiger partial charge in [-0.2, -0.15) is 8.78 Å². The van der Waals surface area contributed by atoms with E-state index in [0.717, 1.165) is 0 Å². The molecule has 0 bridgehead atoms. The predicted octanol–water partition coefficient (Wildman–Crippen LogP) is 4.75. The van der Waals surface area contributed by atoms with Gasteiger partial charge in [-0.15, -0.1) is 6.42 Å². The lowest BCUT2D eigenvalue weighted by molar-refractivity contribution is -0.159. The van der Waals surface area contributed by atoms with Crippen molar-refractivity contribution in [2.75, 3.05) is 6.61 Å². The van der Waals surface area contributed by atoms with Gasteiger partial charge in [-0.25, -0.2) is 4.79 Å². The lowest BCUT2D eigenvalue weighted by Crippen LogP contribution is -2.28. The van der Waals surface area contributed by atoms with Crippen LogP contribution in [0.15, 0.2) is 54.1 Å². The molecule has 23 heavy (non-hydrogen) atoms. The van der Waals surface area contributed by atoms with Crippen LogP contribution in [0.25, 0.3) is 0 Å². The normalized spacial score (nSPS) is 13.6. The molecule has 2 nitrogen and oxygen atoms in total. The van der Waals surface area contributed by atoms with Gasteiger partial charge >= 0.3 is 11.2 Å². The topological polar surface area (TPSA) is 26.3 Å². The van der Waals surface area contributed by atoms with Crippen molar-refractivity contribution in [3.8, 4) is 12.3 Å². The number of alkyl halides is 2. The van der Waals surface area contributed by atoms with E-state index in [1.807, 2.05) is 0 Å². The molecule has 122 valence electrons. The van der Waals surface area contributed by atoms with Crippen molar-refractivity contribution >= 4 is 17.7 Å². The number of halogens is 2. The van der Waals surface area contributed by atoms with E-state index in [1.54, 1.807) is 49.4 Å². The van der Waals surface area contributed by atoms with Crippen LogP contribution in [0, 0.1) is 12.3 Å². The Labute approximate surface area is 139 Å². The molecule has 0 radical (unpaired) electrons. The van der Waals surface area contributed by atoms with Crippen LogP contribution in [0.3, 0.4) is 0 Å². The zero-order chi connectivity index (χ0) is 17.3. The fourth-order valence-corrected chi connectivity index (χ4v) is 2.81. The molecule has 0 aliphatic carbocycles. The van der Waals surface area contributed by atoms with Crippen LogP contribution in [0.5, 0.6) is 0 Å². The second kappa shape index (κ2) is 9.16. The molecule has 1 atom stereocenters. The molecular weight excluding hydrogens is 318 g/mol. The first kappa shape index (κ1) is 19.0. The Balaban J connectivity index is 3.11. The predicted molar refractivity (Wildman–Crippen MR) is 90.1 cm³/mol. The molecule has 1 aromatic rings. The summed E-state index contributed by atoms with van der Waals surface area (Å²) in [4.78, 5) is 11.5. The van der Waals surface area contributed by atoms with E-state index in [-0.39, 0.29) is 18.4 Å². The molecule has 0 heterocycles. The van der Waals surface area contributed by atoms with Crippen LogP contribution in [0.1, 0.15) is 24.7 Å². The summed E-state index contributed by atoms with van der Waals surface area (Å²) in [7, 11) is 0. The number of hydrogen-bond acceptors (Lipinski definition) is 3. The van der Waals surface area contributed by atoms with Gasteiger partial charge in [0.1, 0.15) is 0 Å². The minimum Gasteiger partial charge on any atom is -0.461 e. The van der Waals surface area contributed by atoms with Gasteiger partial charge in [-0.3, -0.25) is 0 Å². The van der Waals surface area contributed by atoms with Crippen LogP contribution in [0.4, 0.5) is 8.78 Å². The number of carbonyl (C=O) groups is 1. The summed E-state index contributed by atoms with van der Waals surface area (Å²) in [6.45, 7) is 3.11. The molecule has 0 saturated carbocycles. The van der Waals surface area contributed by atoms with Gasteiger partial charge in [0.15, 0.2) is 0 Å². The van der Waals surface area contributed by atoms with Crippen LogP contribution < -0.4 is 0 Å². The highest BCUT2D eigenvalue weighted by atomic mass is 32.2. The van der Waals surface area contributed by atoms with Gasteiger partial charge in [0.2, 0.25) is 0 Å². The molecule has 1 aromatic carbocycles. The summed E-state index contributed by atoms with van der Waals surface area (Å²) in [5, 5.41) is -4.33. The van der Waals surface area contributed by atoms with Crippen molar-refractivity contribution < 1.29 is 18.3 Å². The van der Waals surface area contributed by atoms with E-state index < -0.39 is 16.5 Å². The summed E-state index contributed by atoms with van der Waals surface area (Å²) in [5.41, 5.74) is 1.32. The lowest BCUT2D eigenvalue weighted by Gasteiger charge is -2.22. The number of allylic oxidation sites excluding steroid dienone is 3. The monoisotopic (exact) mass is 336 g/mol. The molecular formula is C18H18F2O2S. The molecule has 0 amide bonds. The van der Waals surface area contributed by atoms with Crippen molar-refractivity contribution in [1.82, 2.24) is 0 Å². The summed E-state index contributed by atoms with van der Waals surface area (Å²) >= 11 is 0.253. The third kappa shape index (κ3) is 5.91. The van der Waals surface area contributed by atoms with E-state index in [2.05, 4.69) is 10.7 Å². The molecule has 0 aromatic heterocycles. The molecule has 0 aliphatic heterocycles. The van der Waals surface area contributed by atoms with Crippen molar-refractivity contribution in [3.05, 3.63) is 59.7 Å². The maximum atomic E-state index is 14.1. The van der Waals surface area contributed by atoms with Gasteiger partial charge in [-0.1, -0.05) is 65.7 Å². The summed E-state index contributed by atoms with van der Waals surface area (Å²) in [6, 6.07) is 8.79. The SMILES string of the molecule is C#C/C=C\C=C(/C)C(SC(F)(F)C(=O)OCC)c1ccccc1. The number of benzene rings is 1. The second-order valence-corrected chi connectivity index (χ2v) is 5.80. The van der Waals surface area contributed by atoms with Crippen LogP contribution in [-0.4, -0.2) is 17.8 Å². The van der Waals surface area contributed by atoms with Gasteiger partial charge in [0.25, 0.3) is 0 Å². The third-order valence-electron chi connectivity index (χ3n) is 2.85.